The van der Waals surface area contributed by atoms with E-state index in [4.69, 9.17) is 30.9 Å². The van der Waals surface area contributed by atoms with Gasteiger partial charge in [0.1, 0.15) is 5.75 Å². The fourth-order valence-corrected chi connectivity index (χ4v) is 1.79. The third-order valence-electron chi connectivity index (χ3n) is 2.51. The summed E-state index contributed by atoms with van der Waals surface area (Å²) in [7, 11) is 1.62. The average Bonchev–Trinajstić information content (AvgIpc) is 2.46. The zero-order valence-electron chi connectivity index (χ0n) is 11.9. The Morgan fingerprint density at radius 2 is 2.10 bits per heavy atom. The van der Waals surface area contributed by atoms with Crippen molar-refractivity contribution in [3.8, 4) is 5.75 Å². The van der Waals surface area contributed by atoms with E-state index in [0.29, 0.717) is 49.2 Å². The first-order chi connectivity index (χ1) is 10.1. The number of halogens is 1. The number of carboxylic acid groups (broad SMARTS) is 1. The van der Waals surface area contributed by atoms with E-state index in [1.807, 2.05) is 0 Å². The number of benzene rings is 1. The van der Waals surface area contributed by atoms with Crippen molar-refractivity contribution in [2.24, 2.45) is 0 Å². The first-order valence-corrected chi connectivity index (χ1v) is 6.92. The molecule has 0 aliphatic carbocycles. The van der Waals surface area contributed by atoms with Crippen molar-refractivity contribution in [1.29, 1.82) is 0 Å². The summed E-state index contributed by atoms with van der Waals surface area (Å²) in [6.45, 7) is 2.11. The molecule has 0 heterocycles. The molecule has 21 heavy (non-hydrogen) atoms. The number of carbonyl (C=O) groups is 1. The molecule has 0 saturated carbocycles. The molecule has 6 heteroatoms. The Morgan fingerprint density at radius 1 is 1.29 bits per heavy atom. The average molecular weight is 315 g/mol. The molecule has 0 atom stereocenters. The number of aliphatic carboxylic acids is 1. The van der Waals surface area contributed by atoms with Crippen LogP contribution in [0.4, 0.5) is 0 Å². The predicted molar refractivity (Wildman–Crippen MR) is 80.9 cm³/mol. The van der Waals surface area contributed by atoms with Gasteiger partial charge in [0.05, 0.1) is 24.8 Å². The van der Waals surface area contributed by atoms with Crippen LogP contribution in [0.3, 0.4) is 0 Å². The lowest BCUT2D eigenvalue weighted by Gasteiger charge is -2.11. The highest BCUT2D eigenvalue weighted by Gasteiger charge is 2.06. The minimum absolute atomic E-state index is 0.435. The molecule has 0 unspecified atom stereocenters. The Hall–Kier alpha value is -1.56. The van der Waals surface area contributed by atoms with E-state index < -0.39 is 5.97 Å². The normalized spacial score (nSPS) is 11.0. The van der Waals surface area contributed by atoms with Crippen molar-refractivity contribution >= 4 is 23.6 Å². The third-order valence-corrected chi connectivity index (χ3v) is 2.81. The van der Waals surface area contributed by atoms with Crippen LogP contribution in [0.1, 0.15) is 12.0 Å². The number of hydrogen-bond donors (Lipinski definition) is 1. The molecule has 0 fully saturated rings. The van der Waals surface area contributed by atoms with Crippen molar-refractivity contribution in [3.05, 3.63) is 34.9 Å². The van der Waals surface area contributed by atoms with E-state index in [1.54, 1.807) is 25.3 Å². The highest BCUT2D eigenvalue weighted by atomic mass is 35.5. The molecule has 0 aliphatic rings. The van der Waals surface area contributed by atoms with Gasteiger partial charge in [0.25, 0.3) is 0 Å². The maximum Gasteiger partial charge on any atom is 0.328 e. The second-order valence-electron chi connectivity index (χ2n) is 4.14. The molecule has 1 rings (SSSR count). The molecule has 5 nitrogen and oxygen atoms in total. The van der Waals surface area contributed by atoms with Crippen LogP contribution in [-0.4, -0.2) is 44.6 Å². The van der Waals surface area contributed by atoms with Gasteiger partial charge in [0.2, 0.25) is 0 Å². The first-order valence-electron chi connectivity index (χ1n) is 6.54. The second-order valence-corrected chi connectivity index (χ2v) is 4.54. The van der Waals surface area contributed by atoms with Gasteiger partial charge in [0.15, 0.2) is 0 Å². The SMILES string of the molecule is COCCOCCCOc1c(Cl)cccc1/C=C/C(=O)O. The first kappa shape index (κ1) is 17.5. The van der Waals surface area contributed by atoms with Gasteiger partial charge >= 0.3 is 5.97 Å². The zero-order chi connectivity index (χ0) is 15.5. The number of hydrogen-bond acceptors (Lipinski definition) is 4. The maximum absolute atomic E-state index is 10.6. The monoisotopic (exact) mass is 314 g/mol. The van der Waals surface area contributed by atoms with Gasteiger partial charge in [-0.05, 0) is 12.1 Å². The van der Waals surface area contributed by atoms with Gasteiger partial charge in [0, 0.05) is 31.8 Å². The van der Waals surface area contributed by atoms with Crippen molar-refractivity contribution in [2.45, 2.75) is 6.42 Å². The number of para-hydroxylation sites is 1. The van der Waals surface area contributed by atoms with E-state index in [2.05, 4.69) is 0 Å². The number of ether oxygens (including phenoxy) is 3. The van der Waals surface area contributed by atoms with Crippen LogP contribution < -0.4 is 4.74 Å². The summed E-state index contributed by atoms with van der Waals surface area (Å²) in [5.74, 6) is -0.541. The van der Waals surface area contributed by atoms with Crippen molar-refractivity contribution in [1.82, 2.24) is 0 Å². The van der Waals surface area contributed by atoms with Gasteiger partial charge in [-0.2, -0.15) is 0 Å². The fraction of sp³-hybridized carbons (Fsp3) is 0.400. The number of carboxylic acids is 1. The quantitative estimate of drug-likeness (QED) is 0.531. The number of methoxy groups -OCH3 is 1. The summed E-state index contributed by atoms with van der Waals surface area (Å²) in [6.07, 6.45) is 3.21. The van der Waals surface area contributed by atoms with Gasteiger partial charge < -0.3 is 19.3 Å². The Bertz CT molecular complexity index is 473. The summed E-state index contributed by atoms with van der Waals surface area (Å²) in [5.41, 5.74) is 0.630. The standard InChI is InChI=1S/C15H19ClO5/c1-19-10-11-20-8-3-9-21-15-12(6-7-14(17)18)4-2-5-13(15)16/h2,4-7H,3,8-11H2,1H3,(H,17,18)/b7-6+. The van der Waals surface area contributed by atoms with E-state index in [0.717, 1.165) is 6.08 Å². The Kier molecular flexibility index (Phi) is 8.50. The van der Waals surface area contributed by atoms with E-state index >= 15 is 0 Å². The molecule has 0 amide bonds. The summed E-state index contributed by atoms with van der Waals surface area (Å²) < 4.78 is 15.8. The van der Waals surface area contributed by atoms with Gasteiger partial charge in [-0.1, -0.05) is 23.7 Å². The van der Waals surface area contributed by atoms with Crippen LogP contribution in [0.15, 0.2) is 24.3 Å². The van der Waals surface area contributed by atoms with E-state index in [1.165, 1.54) is 6.08 Å². The molecule has 0 saturated heterocycles. The largest absolute Gasteiger partial charge is 0.491 e. The summed E-state index contributed by atoms with van der Waals surface area (Å²) in [5, 5.41) is 9.11. The highest BCUT2D eigenvalue weighted by Crippen LogP contribution is 2.29. The molecule has 116 valence electrons. The van der Waals surface area contributed by atoms with Crippen molar-refractivity contribution in [3.63, 3.8) is 0 Å². The van der Waals surface area contributed by atoms with Crippen LogP contribution >= 0.6 is 11.6 Å². The Labute approximate surface area is 129 Å². The zero-order valence-corrected chi connectivity index (χ0v) is 12.6. The minimum Gasteiger partial charge on any atom is -0.491 e. The molecule has 0 bridgehead atoms. The summed E-state index contributed by atoms with van der Waals surface area (Å²) >= 11 is 6.07. The topological polar surface area (TPSA) is 65.0 Å². The predicted octanol–water partition coefficient (Wildman–Crippen LogP) is 2.87. The summed E-state index contributed by atoms with van der Waals surface area (Å²) in [6, 6.07) is 5.18. The highest BCUT2D eigenvalue weighted by molar-refractivity contribution is 6.32. The van der Waals surface area contributed by atoms with Crippen molar-refractivity contribution < 1.29 is 24.1 Å². The molecule has 1 aromatic carbocycles. The van der Waals surface area contributed by atoms with E-state index in [-0.39, 0.29) is 0 Å². The maximum atomic E-state index is 10.6. The molecule has 0 aromatic heterocycles. The second kappa shape index (κ2) is 10.2. The lowest BCUT2D eigenvalue weighted by atomic mass is 10.2. The minimum atomic E-state index is -1.02. The lowest BCUT2D eigenvalue weighted by molar-refractivity contribution is -0.131. The van der Waals surface area contributed by atoms with Crippen LogP contribution in [0.5, 0.6) is 5.75 Å². The molecule has 0 aliphatic heterocycles. The van der Waals surface area contributed by atoms with Crippen molar-refractivity contribution in [2.75, 3.05) is 33.5 Å². The Morgan fingerprint density at radius 3 is 2.81 bits per heavy atom. The molecule has 0 spiro atoms. The van der Waals surface area contributed by atoms with E-state index in [9.17, 15) is 4.79 Å². The van der Waals surface area contributed by atoms with Gasteiger partial charge in [-0.25, -0.2) is 4.79 Å². The molecular formula is C15H19ClO5. The summed E-state index contributed by atoms with van der Waals surface area (Å²) in [4.78, 5) is 10.6. The molecule has 1 aromatic rings. The van der Waals surface area contributed by atoms with Gasteiger partial charge in [-0.15, -0.1) is 0 Å². The smallest absolute Gasteiger partial charge is 0.328 e. The van der Waals surface area contributed by atoms with Crippen LogP contribution in [-0.2, 0) is 14.3 Å². The third kappa shape index (κ3) is 7.13. The molecule has 0 radical (unpaired) electrons. The number of rotatable bonds is 10. The van der Waals surface area contributed by atoms with Crippen LogP contribution in [0.25, 0.3) is 6.08 Å². The Balaban J connectivity index is 2.48. The van der Waals surface area contributed by atoms with Crippen LogP contribution in [0.2, 0.25) is 5.02 Å². The van der Waals surface area contributed by atoms with Crippen LogP contribution in [0, 0.1) is 0 Å². The molecular weight excluding hydrogens is 296 g/mol. The fourth-order valence-electron chi connectivity index (χ4n) is 1.55. The lowest BCUT2D eigenvalue weighted by Crippen LogP contribution is -2.07. The van der Waals surface area contributed by atoms with Gasteiger partial charge in [-0.3, -0.25) is 0 Å². The molecule has 1 N–H and O–H groups in total.